The highest BCUT2D eigenvalue weighted by atomic mass is 19.1. The summed E-state index contributed by atoms with van der Waals surface area (Å²) in [5.41, 5.74) is 4.23. The molecule has 0 aliphatic heterocycles. The number of hydrogen-bond donors (Lipinski definition) is 0. The first-order valence-electron chi connectivity index (χ1n) is 8.26. The van der Waals surface area contributed by atoms with E-state index < -0.39 is 0 Å². The minimum absolute atomic E-state index is 0.0744. The molecular formula is C20H23FN2O2. The summed E-state index contributed by atoms with van der Waals surface area (Å²) >= 11 is 0. The van der Waals surface area contributed by atoms with Crippen molar-refractivity contribution < 1.29 is 14.0 Å². The van der Waals surface area contributed by atoms with Crippen molar-refractivity contribution in [1.82, 2.24) is 4.98 Å². The van der Waals surface area contributed by atoms with E-state index in [1.807, 2.05) is 27.7 Å². The molecule has 0 atom stereocenters. The van der Waals surface area contributed by atoms with E-state index in [2.05, 4.69) is 5.16 Å². The second-order valence-electron chi connectivity index (χ2n) is 6.44. The van der Waals surface area contributed by atoms with Crippen molar-refractivity contribution in [2.75, 3.05) is 7.11 Å². The molecule has 0 amide bonds. The molecular weight excluding hydrogens is 319 g/mol. The molecule has 1 aromatic carbocycles. The summed E-state index contributed by atoms with van der Waals surface area (Å²) in [7, 11) is 1.46. The monoisotopic (exact) mass is 342 g/mol. The van der Waals surface area contributed by atoms with E-state index in [1.54, 1.807) is 18.3 Å². The maximum absolute atomic E-state index is 13.4. The topological polar surface area (TPSA) is 51.6 Å². The van der Waals surface area contributed by atoms with Gasteiger partial charge in [0.05, 0.1) is 17.6 Å². The Bertz CT molecular complexity index is 781. The van der Waals surface area contributed by atoms with Crippen LogP contribution in [0, 0.1) is 5.82 Å². The van der Waals surface area contributed by atoms with Crippen LogP contribution in [0.4, 0.5) is 4.39 Å². The third kappa shape index (κ3) is 3.92. The molecule has 0 bridgehead atoms. The van der Waals surface area contributed by atoms with Crippen LogP contribution < -0.4 is 0 Å². The SMILES string of the molecule is CO/N=C/c1c(C(C)C)nc(C(C)C)c(C=O)c1-c1ccc(F)cc1. The van der Waals surface area contributed by atoms with E-state index in [-0.39, 0.29) is 17.7 Å². The molecule has 0 N–H and O–H groups in total. The normalized spacial score (nSPS) is 11.5. The lowest BCUT2D eigenvalue weighted by molar-refractivity contribution is 0.112. The zero-order chi connectivity index (χ0) is 18.6. The Kier molecular flexibility index (Phi) is 6.02. The van der Waals surface area contributed by atoms with Crippen molar-refractivity contribution >= 4 is 12.5 Å². The summed E-state index contributed by atoms with van der Waals surface area (Å²) in [6, 6.07) is 6.09. The number of carbonyl (C=O) groups is 1. The summed E-state index contributed by atoms with van der Waals surface area (Å²) in [4.78, 5) is 21.5. The molecule has 0 aliphatic rings. The minimum atomic E-state index is -0.328. The lowest BCUT2D eigenvalue weighted by Gasteiger charge is -2.20. The molecule has 0 saturated carbocycles. The van der Waals surface area contributed by atoms with Gasteiger partial charge < -0.3 is 4.84 Å². The van der Waals surface area contributed by atoms with Crippen molar-refractivity contribution in [3.63, 3.8) is 0 Å². The quantitative estimate of drug-likeness (QED) is 0.425. The fraction of sp³-hybridized carbons (Fsp3) is 0.350. The van der Waals surface area contributed by atoms with Crippen LogP contribution in [0.1, 0.15) is 66.8 Å². The van der Waals surface area contributed by atoms with Gasteiger partial charge in [-0.15, -0.1) is 0 Å². The third-order valence-electron chi connectivity index (χ3n) is 3.96. The lowest BCUT2D eigenvalue weighted by atomic mass is 9.88. The Morgan fingerprint density at radius 1 is 1.04 bits per heavy atom. The largest absolute Gasteiger partial charge is 0.399 e. The molecule has 1 aromatic heterocycles. The molecule has 0 saturated heterocycles. The van der Waals surface area contributed by atoms with Crippen LogP contribution in [0.5, 0.6) is 0 Å². The Morgan fingerprint density at radius 2 is 1.60 bits per heavy atom. The second-order valence-corrected chi connectivity index (χ2v) is 6.44. The van der Waals surface area contributed by atoms with Crippen LogP contribution in [-0.2, 0) is 4.84 Å². The van der Waals surface area contributed by atoms with Gasteiger partial charge in [-0.1, -0.05) is 45.0 Å². The van der Waals surface area contributed by atoms with Crippen molar-refractivity contribution in [3.8, 4) is 11.1 Å². The highest BCUT2D eigenvalue weighted by molar-refractivity contribution is 6.00. The summed E-state index contributed by atoms with van der Waals surface area (Å²) in [6.07, 6.45) is 2.38. The first kappa shape index (κ1) is 18.8. The Balaban J connectivity index is 2.93. The number of oxime groups is 1. The summed E-state index contributed by atoms with van der Waals surface area (Å²) < 4.78 is 13.4. The van der Waals surface area contributed by atoms with E-state index in [1.165, 1.54) is 19.2 Å². The molecule has 0 aliphatic carbocycles. The van der Waals surface area contributed by atoms with E-state index in [9.17, 15) is 9.18 Å². The number of aldehydes is 1. The van der Waals surface area contributed by atoms with Crippen molar-refractivity contribution in [2.24, 2.45) is 5.16 Å². The zero-order valence-corrected chi connectivity index (χ0v) is 15.2. The molecule has 5 heteroatoms. The van der Waals surface area contributed by atoms with Gasteiger partial charge in [-0.3, -0.25) is 9.78 Å². The van der Waals surface area contributed by atoms with Crippen LogP contribution in [0.3, 0.4) is 0 Å². The van der Waals surface area contributed by atoms with Gasteiger partial charge in [0.1, 0.15) is 12.9 Å². The van der Waals surface area contributed by atoms with Crippen LogP contribution in [0.15, 0.2) is 29.4 Å². The molecule has 132 valence electrons. The van der Waals surface area contributed by atoms with E-state index in [4.69, 9.17) is 9.82 Å². The molecule has 0 fully saturated rings. The fourth-order valence-electron chi connectivity index (χ4n) is 2.81. The summed E-state index contributed by atoms with van der Waals surface area (Å²) in [6.45, 7) is 8.06. The summed E-state index contributed by atoms with van der Waals surface area (Å²) in [5.74, 6) is -0.133. The number of nitrogens with zero attached hydrogens (tertiary/aromatic N) is 2. The number of carbonyl (C=O) groups excluding carboxylic acids is 1. The first-order chi connectivity index (χ1) is 11.9. The predicted octanol–water partition coefficient (Wildman–Crippen LogP) is 4.93. The lowest BCUT2D eigenvalue weighted by Crippen LogP contribution is -2.11. The van der Waals surface area contributed by atoms with Crippen LogP contribution in [-0.4, -0.2) is 24.6 Å². The number of halogens is 1. The average Bonchev–Trinajstić information content (AvgIpc) is 2.58. The smallest absolute Gasteiger partial charge is 0.152 e. The summed E-state index contributed by atoms with van der Waals surface area (Å²) in [5, 5.41) is 3.88. The highest BCUT2D eigenvalue weighted by Gasteiger charge is 2.22. The van der Waals surface area contributed by atoms with Crippen molar-refractivity contribution in [1.29, 1.82) is 0 Å². The predicted molar refractivity (Wildman–Crippen MR) is 97.8 cm³/mol. The Hall–Kier alpha value is -2.56. The number of pyridine rings is 1. The van der Waals surface area contributed by atoms with Crippen LogP contribution in [0.25, 0.3) is 11.1 Å². The fourth-order valence-corrected chi connectivity index (χ4v) is 2.81. The van der Waals surface area contributed by atoms with E-state index in [0.717, 1.165) is 28.8 Å². The van der Waals surface area contributed by atoms with Gasteiger partial charge in [0.15, 0.2) is 6.29 Å². The Labute approximate surface area is 147 Å². The van der Waals surface area contributed by atoms with Gasteiger partial charge >= 0.3 is 0 Å². The molecule has 2 aromatic rings. The number of aromatic nitrogens is 1. The van der Waals surface area contributed by atoms with E-state index >= 15 is 0 Å². The average molecular weight is 342 g/mol. The van der Waals surface area contributed by atoms with Gasteiger partial charge in [0.25, 0.3) is 0 Å². The standard InChI is InChI=1S/C20H23FN2O2/c1-12(2)19-16(10-22-25-5)18(14-6-8-15(21)9-7-14)17(11-24)20(23-19)13(3)4/h6-13H,1-5H3/b22-10+. The molecule has 2 rings (SSSR count). The Morgan fingerprint density at radius 3 is 2.08 bits per heavy atom. The van der Waals surface area contributed by atoms with Gasteiger partial charge in [0, 0.05) is 16.7 Å². The van der Waals surface area contributed by atoms with Crippen molar-refractivity contribution in [3.05, 3.63) is 52.6 Å². The zero-order valence-electron chi connectivity index (χ0n) is 15.2. The second kappa shape index (κ2) is 8.01. The molecule has 4 nitrogen and oxygen atoms in total. The maximum Gasteiger partial charge on any atom is 0.152 e. The maximum atomic E-state index is 13.4. The first-order valence-corrected chi connectivity index (χ1v) is 8.26. The third-order valence-corrected chi connectivity index (χ3v) is 3.96. The molecule has 0 unspecified atom stereocenters. The van der Waals surface area contributed by atoms with E-state index in [0.29, 0.717) is 11.1 Å². The molecule has 25 heavy (non-hydrogen) atoms. The highest BCUT2D eigenvalue weighted by Crippen LogP contribution is 2.34. The number of rotatable bonds is 6. The van der Waals surface area contributed by atoms with Gasteiger partial charge in [-0.25, -0.2) is 4.39 Å². The molecule has 0 radical (unpaired) electrons. The number of benzene rings is 1. The molecule has 0 spiro atoms. The number of hydrogen-bond acceptors (Lipinski definition) is 4. The van der Waals surface area contributed by atoms with Gasteiger partial charge in [0.2, 0.25) is 0 Å². The molecule has 1 heterocycles. The van der Waals surface area contributed by atoms with Gasteiger partial charge in [-0.2, -0.15) is 0 Å². The van der Waals surface area contributed by atoms with Crippen molar-refractivity contribution in [2.45, 2.75) is 39.5 Å². The van der Waals surface area contributed by atoms with Gasteiger partial charge in [-0.05, 0) is 29.5 Å². The minimum Gasteiger partial charge on any atom is -0.399 e. The van der Waals surface area contributed by atoms with Crippen LogP contribution in [0.2, 0.25) is 0 Å². The van der Waals surface area contributed by atoms with Crippen LogP contribution >= 0.6 is 0 Å².